The van der Waals surface area contributed by atoms with Crippen molar-refractivity contribution in [2.45, 2.75) is 45.3 Å². The van der Waals surface area contributed by atoms with Crippen molar-refractivity contribution < 1.29 is 9.53 Å². The minimum absolute atomic E-state index is 0.0567. The average Bonchev–Trinajstić information content (AvgIpc) is 1.94. The molecule has 1 fully saturated rings. The predicted molar refractivity (Wildman–Crippen MR) is 54.5 cm³/mol. The zero-order valence-electron chi connectivity index (χ0n) is 9.17. The first-order valence-electron chi connectivity index (χ1n) is 5.08. The third kappa shape index (κ3) is 3.27. The molecule has 0 unspecified atom stereocenters. The Labute approximate surface area is 85.2 Å². The van der Waals surface area contributed by atoms with Gasteiger partial charge in [0.25, 0.3) is 0 Å². The van der Waals surface area contributed by atoms with E-state index in [-0.39, 0.29) is 30.2 Å². The minimum Gasteiger partial charge on any atom is -0.373 e. The maximum Gasteiger partial charge on any atom is 0.224 e. The Balaban J connectivity index is 2.20. The van der Waals surface area contributed by atoms with Gasteiger partial charge >= 0.3 is 0 Å². The van der Waals surface area contributed by atoms with E-state index in [2.05, 4.69) is 5.32 Å². The van der Waals surface area contributed by atoms with Gasteiger partial charge in [0.2, 0.25) is 5.91 Å². The van der Waals surface area contributed by atoms with E-state index in [0.29, 0.717) is 0 Å². The summed E-state index contributed by atoms with van der Waals surface area (Å²) >= 11 is 0. The lowest BCUT2D eigenvalue weighted by Crippen LogP contribution is -2.45. The number of carbonyl (C=O) groups excluding carboxylic acids is 1. The van der Waals surface area contributed by atoms with E-state index in [9.17, 15) is 4.79 Å². The Kier molecular flexibility index (Phi) is 3.50. The summed E-state index contributed by atoms with van der Waals surface area (Å²) in [6.45, 7) is 6.31. The van der Waals surface area contributed by atoms with Crippen molar-refractivity contribution in [1.29, 1.82) is 0 Å². The van der Waals surface area contributed by atoms with Crippen molar-refractivity contribution in [2.24, 2.45) is 11.7 Å². The number of hydrogen-bond acceptors (Lipinski definition) is 3. The lowest BCUT2D eigenvalue weighted by atomic mass is 9.81. The van der Waals surface area contributed by atoms with Gasteiger partial charge < -0.3 is 15.8 Å². The molecule has 4 nitrogen and oxygen atoms in total. The molecule has 4 heteroatoms. The molecule has 0 radical (unpaired) electrons. The second-order valence-electron chi connectivity index (χ2n) is 4.77. The van der Waals surface area contributed by atoms with E-state index >= 15 is 0 Å². The molecule has 0 atom stereocenters. The molecule has 0 bridgehead atoms. The van der Waals surface area contributed by atoms with Crippen LogP contribution < -0.4 is 11.1 Å². The van der Waals surface area contributed by atoms with Crippen LogP contribution in [-0.4, -0.2) is 24.3 Å². The number of amides is 1. The molecular weight excluding hydrogens is 180 g/mol. The first-order valence-corrected chi connectivity index (χ1v) is 5.08. The number of ether oxygens (including phenoxy) is 1. The summed E-state index contributed by atoms with van der Waals surface area (Å²) in [7, 11) is 0. The van der Waals surface area contributed by atoms with Crippen LogP contribution in [0.15, 0.2) is 0 Å². The van der Waals surface area contributed by atoms with E-state index in [0.717, 1.165) is 12.8 Å². The summed E-state index contributed by atoms with van der Waals surface area (Å²) in [6, 6.07) is 0. The molecule has 82 valence electrons. The third-order valence-corrected chi connectivity index (χ3v) is 2.26. The zero-order chi connectivity index (χ0) is 10.8. The Bertz CT molecular complexity index is 205. The normalized spacial score (nSPS) is 26.9. The maximum absolute atomic E-state index is 11.3. The molecule has 3 N–H and O–H groups in total. The summed E-state index contributed by atoms with van der Waals surface area (Å²) in [5.41, 5.74) is 5.11. The number of rotatable bonds is 3. The lowest BCUT2D eigenvalue weighted by molar-refractivity contribution is -0.144. The number of nitrogens with two attached hydrogens (primary N) is 1. The summed E-state index contributed by atoms with van der Waals surface area (Å²) in [6.07, 6.45) is 1.88. The summed E-state index contributed by atoms with van der Waals surface area (Å²) < 4.78 is 5.72. The van der Waals surface area contributed by atoms with Crippen molar-refractivity contribution in [3.63, 3.8) is 0 Å². The second kappa shape index (κ2) is 4.28. The minimum atomic E-state index is -0.111. The standard InChI is InChI=1S/C10H20N2O2/c1-10(2,3)14-8-4-7(5-8)9(13)12-6-11/h7-8H,4-6,11H2,1-3H3,(H,12,13). The molecule has 1 saturated carbocycles. The van der Waals surface area contributed by atoms with Crippen LogP contribution in [0.25, 0.3) is 0 Å². The van der Waals surface area contributed by atoms with Gasteiger partial charge in [-0.1, -0.05) is 0 Å². The maximum atomic E-state index is 11.3. The SMILES string of the molecule is CC(C)(C)OC1CC(C(=O)NCN)C1. The van der Waals surface area contributed by atoms with Crippen LogP contribution in [-0.2, 0) is 9.53 Å². The van der Waals surface area contributed by atoms with Gasteiger partial charge in [-0.15, -0.1) is 0 Å². The summed E-state index contributed by atoms with van der Waals surface area (Å²) in [5, 5.41) is 2.61. The molecule has 1 rings (SSSR count). The average molecular weight is 200 g/mol. The Morgan fingerprint density at radius 1 is 1.50 bits per heavy atom. The van der Waals surface area contributed by atoms with Crippen molar-refractivity contribution >= 4 is 5.91 Å². The van der Waals surface area contributed by atoms with Gasteiger partial charge in [-0.05, 0) is 33.6 Å². The molecule has 14 heavy (non-hydrogen) atoms. The first kappa shape index (κ1) is 11.5. The first-order chi connectivity index (χ1) is 6.42. The molecule has 1 aliphatic rings. The molecule has 0 aromatic carbocycles. The van der Waals surface area contributed by atoms with Gasteiger partial charge in [0.05, 0.1) is 18.4 Å². The molecule has 1 aliphatic carbocycles. The fourth-order valence-electron chi connectivity index (χ4n) is 1.62. The van der Waals surface area contributed by atoms with E-state index in [1.165, 1.54) is 0 Å². The number of nitrogens with one attached hydrogen (secondary N) is 1. The van der Waals surface area contributed by atoms with Crippen LogP contribution in [0.1, 0.15) is 33.6 Å². The van der Waals surface area contributed by atoms with E-state index in [1.54, 1.807) is 0 Å². The molecule has 0 aromatic heterocycles. The van der Waals surface area contributed by atoms with E-state index < -0.39 is 0 Å². The Hall–Kier alpha value is -0.610. The topological polar surface area (TPSA) is 64.3 Å². The number of carbonyl (C=O) groups is 1. The Morgan fingerprint density at radius 3 is 2.50 bits per heavy atom. The van der Waals surface area contributed by atoms with Gasteiger partial charge in [0.1, 0.15) is 0 Å². The third-order valence-electron chi connectivity index (χ3n) is 2.26. The van der Waals surface area contributed by atoms with E-state index in [1.807, 2.05) is 20.8 Å². The van der Waals surface area contributed by atoms with Gasteiger partial charge in [-0.3, -0.25) is 4.79 Å². The largest absolute Gasteiger partial charge is 0.373 e. The van der Waals surface area contributed by atoms with Crippen LogP contribution in [0.5, 0.6) is 0 Å². The fraction of sp³-hybridized carbons (Fsp3) is 0.900. The fourth-order valence-corrected chi connectivity index (χ4v) is 1.62. The van der Waals surface area contributed by atoms with Crippen molar-refractivity contribution in [1.82, 2.24) is 5.32 Å². The second-order valence-corrected chi connectivity index (χ2v) is 4.77. The molecule has 0 aliphatic heterocycles. The molecule has 0 aromatic rings. The monoisotopic (exact) mass is 200 g/mol. The van der Waals surface area contributed by atoms with Crippen molar-refractivity contribution in [3.8, 4) is 0 Å². The smallest absolute Gasteiger partial charge is 0.224 e. The molecule has 0 saturated heterocycles. The molecular formula is C10H20N2O2. The highest BCUT2D eigenvalue weighted by atomic mass is 16.5. The van der Waals surface area contributed by atoms with Gasteiger partial charge in [0, 0.05) is 5.92 Å². The van der Waals surface area contributed by atoms with Gasteiger partial charge in [-0.25, -0.2) is 0 Å². The van der Waals surface area contributed by atoms with E-state index in [4.69, 9.17) is 10.5 Å². The van der Waals surface area contributed by atoms with Gasteiger partial charge in [0.15, 0.2) is 0 Å². The van der Waals surface area contributed by atoms with Crippen LogP contribution in [0.2, 0.25) is 0 Å². The van der Waals surface area contributed by atoms with Crippen molar-refractivity contribution in [3.05, 3.63) is 0 Å². The molecule has 1 amide bonds. The van der Waals surface area contributed by atoms with Crippen LogP contribution in [0.3, 0.4) is 0 Å². The van der Waals surface area contributed by atoms with Crippen LogP contribution in [0, 0.1) is 5.92 Å². The number of hydrogen-bond donors (Lipinski definition) is 2. The zero-order valence-corrected chi connectivity index (χ0v) is 9.17. The highest BCUT2D eigenvalue weighted by Crippen LogP contribution is 2.32. The molecule has 0 heterocycles. The van der Waals surface area contributed by atoms with Crippen LogP contribution in [0.4, 0.5) is 0 Å². The highest BCUT2D eigenvalue weighted by molar-refractivity contribution is 5.79. The predicted octanol–water partition coefficient (Wildman–Crippen LogP) is 0.612. The summed E-state index contributed by atoms with van der Waals surface area (Å²) in [5.74, 6) is 0.159. The Morgan fingerprint density at radius 2 is 2.07 bits per heavy atom. The lowest BCUT2D eigenvalue weighted by Gasteiger charge is -2.38. The molecule has 0 spiro atoms. The summed E-state index contributed by atoms with van der Waals surface area (Å²) in [4.78, 5) is 11.3. The van der Waals surface area contributed by atoms with Crippen molar-refractivity contribution in [2.75, 3.05) is 6.67 Å². The highest BCUT2D eigenvalue weighted by Gasteiger charge is 2.36. The van der Waals surface area contributed by atoms with Crippen LogP contribution >= 0.6 is 0 Å². The quantitative estimate of drug-likeness (QED) is 0.656. The van der Waals surface area contributed by atoms with Gasteiger partial charge in [-0.2, -0.15) is 0 Å².